The predicted octanol–water partition coefficient (Wildman–Crippen LogP) is 8.15. The van der Waals surface area contributed by atoms with Gasteiger partial charge in [-0.3, -0.25) is 0 Å². The van der Waals surface area contributed by atoms with Crippen molar-refractivity contribution in [3.05, 3.63) is 47.0 Å². The van der Waals surface area contributed by atoms with E-state index in [1.54, 1.807) is 0 Å². The van der Waals surface area contributed by atoms with Crippen LogP contribution in [-0.4, -0.2) is 43.5 Å². The van der Waals surface area contributed by atoms with Gasteiger partial charge in [0.1, 0.15) is 0 Å². The number of fused-ring (bicyclic) bond motifs is 2. The summed E-state index contributed by atoms with van der Waals surface area (Å²) in [5.41, 5.74) is 8.82. The fourth-order valence-corrected chi connectivity index (χ4v) is 17.2. The Morgan fingerprint density at radius 2 is 1.03 bits per heavy atom. The molecule has 0 fully saturated rings. The first-order valence-corrected chi connectivity index (χ1v) is 19.8. The van der Waals surface area contributed by atoms with Crippen LogP contribution in [0.1, 0.15) is 92.0 Å². The molecule has 1 aliphatic rings. The van der Waals surface area contributed by atoms with Gasteiger partial charge in [0.05, 0.1) is 0 Å². The van der Waals surface area contributed by atoms with Crippen molar-refractivity contribution < 1.29 is 0 Å². The molecule has 0 atom stereocenters. The Kier molecular flexibility index (Phi) is 8.22. The fourth-order valence-electron chi connectivity index (χ4n) is 5.14. The molecule has 1 radical (unpaired) electrons. The number of rotatable bonds is 8. The van der Waals surface area contributed by atoms with Crippen LogP contribution in [0.15, 0.2) is 24.3 Å². The number of hydrogen-bond donors (Lipinski definition) is 0. The van der Waals surface area contributed by atoms with E-state index in [9.17, 15) is 0 Å². The number of halogens is 1. The van der Waals surface area contributed by atoms with Crippen molar-refractivity contribution in [2.24, 2.45) is 0 Å². The normalized spacial score (nSPS) is 16.4. The van der Waals surface area contributed by atoms with Gasteiger partial charge >= 0.3 is 203 Å². The van der Waals surface area contributed by atoms with Gasteiger partial charge in [0.15, 0.2) is 0 Å². The number of nitrogens with zero attached hydrogens (tertiary/aromatic N) is 2. The third-order valence-electron chi connectivity index (χ3n) is 6.92. The van der Waals surface area contributed by atoms with Gasteiger partial charge in [-0.15, -0.1) is 0 Å². The van der Waals surface area contributed by atoms with Gasteiger partial charge in [-0.2, -0.15) is 0 Å². The summed E-state index contributed by atoms with van der Waals surface area (Å²) in [7, 11) is 7.39. The minimum atomic E-state index is -2.21. The average molecular weight is 541 g/mol. The summed E-state index contributed by atoms with van der Waals surface area (Å²) in [5, 5.41) is 0. The summed E-state index contributed by atoms with van der Waals surface area (Å²) in [4.78, 5) is 0. The molecule has 3 heterocycles. The molecule has 0 saturated heterocycles. The van der Waals surface area contributed by atoms with Crippen LogP contribution >= 0.6 is 25.9 Å². The molecule has 0 N–H and O–H groups in total. The number of hydrogen-bond acceptors (Lipinski definition) is 0. The average Bonchev–Trinajstić information content (AvgIpc) is 3.27. The van der Waals surface area contributed by atoms with E-state index in [4.69, 9.17) is 10.0 Å². The second kappa shape index (κ2) is 9.86. The van der Waals surface area contributed by atoms with Gasteiger partial charge in [-0.25, -0.2) is 0 Å². The molecule has 0 bridgehead atoms. The molecule has 173 valence electrons. The van der Waals surface area contributed by atoms with Crippen LogP contribution in [0.4, 0.5) is 0 Å². The molecule has 2 nitrogen and oxygen atoms in total. The first-order chi connectivity index (χ1) is 14.4. The molecule has 0 amide bonds. The summed E-state index contributed by atoms with van der Waals surface area (Å²) in [6, 6.07) is 9.55. The van der Waals surface area contributed by atoms with Gasteiger partial charge in [-0.1, -0.05) is 0 Å². The first-order valence-electron chi connectivity index (χ1n) is 11.8. The molecule has 0 aromatic carbocycles. The van der Waals surface area contributed by atoms with Crippen molar-refractivity contribution >= 4 is 39.7 Å². The van der Waals surface area contributed by atoms with E-state index in [1.165, 1.54) is 35.1 Å². The van der Waals surface area contributed by atoms with Gasteiger partial charge in [0.2, 0.25) is 0 Å². The quantitative estimate of drug-likeness (QED) is 0.236. The maximum absolute atomic E-state index is 7.49. The van der Waals surface area contributed by atoms with Gasteiger partial charge in [-0.05, 0) is 0 Å². The van der Waals surface area contributed by atoms with Crippen LogP contribution in [0.2, 0.25) is 0 Å². The summed E-state index contributed by atoms with van der Waals surface area (Å²) in [6.45, 7) is 24.0. The number of aromatic nitrogens is 2. The Morgan fingerprint density at radius 3 is 1.32 bits per heavy atom. The van der Waals surface area contributed by atoms with E-state index < -0.39 is 13.9 Å². The summed E-state index contributed by atoms with van der Waals surface area (Å²) in [5.74, 6) is 0. The molecule has 31 heavy (non-hydrogen) atoms. The van der Waals surface area contributed by atoms with Crippen molar-refractivity contribution in [1.82, 2.24) is 7.05 Å². The Bertz CT molecular complexity index is 811. The molecule has 0 unspecified atom stereocenters. The zero-order valence-electron chi connectivity index (χ0n) is 21.2. The Labute approximate surface area is 202 Å². The maximum atomic E-state index is 7.49. The molecule has 2 aromatic heterocycles. The predicted molar refractivity (Wildman–Crippen MR) is 145 cm³/mol. The van der Waals surface area contributed by atoms with Gasteiger partial charge in [0.25, 0.3) is 0 Å². The van der Waals surface area contributed by atoms with Crippen molar-refractivity contribution in [1.29, 1.82) is 0 Å². The van der Waals surface area contributed by atoms with E-state index in [2.05, 4.69) is 101 Å². The van der Waals surface area contributed by atoms with Gasteiger partial charge in [0, 0.05) is 0 Å². The minimum absolute atomic E-state index is 0.00127. The van der Waals surface area contributed by atoms with E-state index in [0.29, 0.717) is 0 Å². The first kappa shape index (κ1) is 25.9. The zero-order valence-corrected chi connectivity index (χ0v) is 25.8. The van der Waals surface area contributed by atoms with E-state index in [-0.39, 0.29) is 21.3 Å². The molecular weight excluding hydrogens is 498 g/mol. The van der Waals surface area contributed by atoms with Crippen molar-refractivity contribution in [2.75, 3.05) is 0 Å². The molecular formula is C25H42ClGeN2P2. The third-order valence-corrected chi connectivity index (χ3v) is 19.1. The van der Waals surface area contributed by atoms with Crippen molar-refractivity contribution in [2.45, 2.75) is 110 Å². The van der Waals surface area contributed by atoms with Crippen LogP contribution < -0.4 is 0 Å². The van der Waals surface area contributed by atoms with Crippen molar-refractivity contribution in [3.63, 3.8) is 0 Å². The van der Waals surface area contributed by atoms with Crippen LogP contribution in [0.25, 0.3) is 0 Å². The zero-order chi connectivity index (χ0) is 23.2. The summed E-state index contributed by atoms with van der Waals surface area (Å²) < 4.78 is 5.26. The second-order valence-corrected chi connectivity index (χ2v) is 22.3. The second-order valence-electron chi connectivity index (χ2n) is 10.7. The van der Waals surface area contributed by atoms with Crippen LogP contribution in [0, 0.1) is 0 Å². The van der Waals surface area contributed by atoms with E-state index in [1.807, 2.05) is 0 Å². The monoisotopic (exact) mass is 541 g/mol. The molecule has 0 saturated carbocycles. The van der Waals surface area contributed by atoms with Crippen LogP contribution in [0.3, 0.4) is 0 Å². The SMILES string of the molecule is CC(C)P(Cc1ccc2[n]1[Ge]([Cl])[n]1c(CP(C(C)C)C(C)C)ccc1C2(C)C)C(C)C. The van der Waals surface area contributed by atoms with E-state index in [0.717, 1.165) is 22.6 Å². The molecule has 6 heteroatoms. The topological polar surface area (TPSA) is 9.86 Å². The molecule has 0 spiro atoms. The van der Waals surface area contributed by atoms with Crippen LogP contribution in [-0.2, 0) is 17.7 Å². The summed E-state index contributed by atoms with van der Waals surface area (Å²) in [6.07, 6.45) is 2.39. The fraction of sp³-hybridized carbons (Fsp3) is 0.680. The Morgan fingerprint density at radius 1 is 0.710 bits per heavy atom. The Balaban J connectivity index is 2.05. The Hall–Kier alpha value is 0.253. The van der Waals surface area contributed by atoms with Crippen LogP contribution in [0.5, 0.6) is 0 Å². The molecule has 1 aliphatic heterocycles. The third kappa shape index (κ3) is 4.89. The molecule has 3 rings (SSSR count). The van der Waals surface area contributed by atoms with Gasteiger partial charge < -0.3 is 0 Å². The molecule has 0 aliphatic carbocycles. The summed E-state index contributed by atoms with van der Waals surface area (Å²) >= 11 is -2.21. The van der Waals surface area contributed by atoms with Crippen molar-refractivity contribution in [3.8, 4) is 0 Å². The van der Waals surface area contributed by atoms with E-state index >= 15 is 0 Å². The molecule has 2 aromatic rings. The standard InChI is InChI=1S/C25H42ClGeN2P2/c1-17(2)30(18(3)4)15-21-11-13-23-25(9,10)24-14-12-22(29(24)27(26)28(21)23)16-31(19(5)6)20(7)8/h11-14,17-20H,15-16H2,1-10H3.